The van der Waals surface area contributed by atoms with Gasteiger partial charge in [-0.25, -0.2) is 0 Å². The number of hydrogen-bond acceptors (Lipinski definition) is 3. The first-order valence-electron chi connectivity index (χ1n) is 3.49. The number of rotatable bonds is 2. The molecule has 0 aromatic carbocycles. The largest absolute Gasteiger partial charge is 0.374 e. The summed E-state index contributed by atoms with van der Waals surface area (Å²) in [7, 11) is 3.08. The van der Waals surface area contributed by atoms with Gasteiger partial charge in [-0.2, -0.15) is 0 Å². The normalized spacial score (nSPS) is 30.8. The fraction of sp³-hybridized carbons (Fsp3) is 0.625. The highest BCUT2D eigenvalue weighted by atomic mass is 16.5. The van der Waals surface area contributed by atoms with Crippen molar-refractivity contribution >= 4 is 5.78 Å². The Balaban J connectivity index is 2.76. The molecule has 0 saturated heterocycles. The van der Waals surface area contributed by atoms with Crippen LogP contribution < -0.4 is 0 Å². The van der Waals surface area contributed by atoms with E-state index in [1.165, 1.54) is 7.11 Å². The Kier molecular flexibility index (Phi) is 2.42. The average molecular weight is 156 g/mol. The number of ether oxygens (including phenoxy) is 2. The first-order valence-corrected chi connectivity index (χ1v) is 3.49. The first kappa shape index (κ1) is 8.43. The van der Waals surface area contributed by atoms with Crippen molar-refractivity contribution in [2.24, 2.45) is 0 Å². The highest BCUT2D eigenvalue weighted by Gasteiger charge is 2.33. The van der Waals surface area contributed by atoms with Gasteiger partial charge in [0.15, 0.2) is 5.78 Å². The van der Waals surface area contributed by atoms with Crippen molar-refractivity contribution in [2.75, 3.05) is 14.2 Å². The van der Waals surface area contributed by atoms with E-state index in [1.807, 2.05) is 0 Å². The van der Waals surface area contributed by atoms with Crippen molar-refractivity contribution in [1.29, 1.82) is 0 Å². The minimum atomic E-state index is -0.431. The van der Waals surface area contributed by atoms with Crippen LogP contribution in [0.3, 0.4) is 0 Å². The third-order valence-corrected chi connectivity index (χ3v) is 1.89. The molecule has 62 valence electrons. The lowest BCUT2D eigenvalue weighted by molar-refractivity contribution is -0.128. The average Bonchev–Trinajstić information content (AvgIpc) is 2.28. The molecule has 3 heteroatoms. The van der Waals surface area contributed by atoms with E-state index in [0.717, 1.165) is 5.57 Å². The Bertz CT molecular complexity index is 196. The van der Waals surface area contributed by atoms with E-state index in [2.05, 4.69) is 0 Å². The Morgan fingerprint density at radius 1 is 1.36 bits per heavy atom. The van der Waals surface area contributed by atoms with Crippen LogP contribution in [0.25, 0.3) is 0 Å². The fourth-order valence-corrected chi connectivity index (χ4v) is 1.22. The summed E-state index contributed by atoms with van der Waals surface area (Å²) in [6, 6.07) is 0. The van der Waals surface area contributed by atoms with Gasteiger partial charge < -0.3 is 9.47 Å². The highest BCUT2D eigenvalue weighted by molar-refractivity contribution is 6.01. The van der Waals surface area contributed by atoms with Crippen molar-refractivity contribution in [3.05, 3.63) is 11.6 Å². The Hall–Kier alpha value is -0.670. The zero-order valence-corrected chi connectivity index (χ0v) is 6.96. The third kappa shape index (κ3) is 1.34. The third-order valence-electron chi connectivity index (χ3n) is 1.89. The van der Waals surface area contributed by atoms with Gasteiger partial charge in [0.2, 0.25) is 0 Å². The lowest BCUT2D eigenvalue weighted by Gasteiger charge is -2.13. The van der Waals surface area contributed by atoms with Crippen molar-refractivity contribution in [2.45, 2.75) is 19.1 Å². The molecule has 3 nitrogen and oxygen atoms in total. The van der Waals surface area contributed by atoms with Gasteiger partial charge in [0.1, 0.15) is 12.2 Å². The zero-order chi connectivity index (χ0) is 8.43. The number of Topliss-reactive ketones (excluding diaryl/α,β-unsaturated/α-hetero) is 1. The summed E-state index contributed by atoms with van der Waals surface area (Å²) in [6.07, 6.45) is 1.16. The van der Waals surface area contributed by atoms with Crippen molar-refractivity contribution in [1.82, 2.24) is 0 Å². The summed E-state index contributed by atoms with van der Waals surface area (Å²) >= 11 is 0. The fourth-order valence-electron chi connectivity index (χ4n) is 1.22. The molecule has 0 fully saturated rings. The molecular formula is C8H12O3. The second-order valence-electron chi connectivity index (χ2n) is 2.57. The molecule has 2 atom stereocenters. The maximum atomic E-state index is 11.2. The first-order chi connectivity index (χ1) is 5.20. The van der Waals surface area contributed by atoms with Gasteiger partial charge in [0.05, 0.1) is 0 Å². The number of carbonyl (C=O) groups excluding carboxylic acids is 1. The summed E-state index contributed by atoms with van der Waals surface area (Å²) in [5, 5.41) is 0. The Labute approximate surface area is 66.0 Å². The van der Waals surface area contributed by atoms with Gasteiger partial charge in [-0.15, -0.1) is 0 Å². The standard InChI is InChI=1S/C8H12O3/c1-5-4-6(10-2)8(11-3)7(5)9/h4,6,8H,1-3H3. The van der Waals surface area contributed by atoms with E-state index in [4.69, 9.17) is 9.47 Å². The minimum absolute atomic E-state index is 0.0272. The molecule has 11 heavy (non-hydrogen) atoms. The molecule has 2 unspecified atom stereocenters. The highest BCUT2D eigenvalue weighted by Crippen LogP contribution is 2.19. The van der Waals surface area contributed by atoms with Crippen molar-refractivity contribution in [3.63, 3.8) is 0 Å². The minimum Gasteiger partial charge on any atom is -0.374 e. The van der Waals surface area contributed by atoms with Crippen LogP contribution in [0.2, 0.25) is 0 Å². The maximum Gasteiger partial charge on any atom is 0.190 e. The van der Waals surface area contributed by atoms with Crippen molar-refractivity contribution in [3.8, 4) is 0 Å². The summed E-state index contributed by atoms with van der Waals surface area (Å²) < 4.78 is 10.0. The molecule has 0 radical (unpaired) electrons. The lowest BCUT2D eigenvalue weighted by Crippen LogP contribution is -2.30. The molecule has 1 rings (SSSR count). The van der Waals surface area contributed by atoms with Crippen LogP contribution in [-0.4, -0.2) is 32.2 Å². The van der Waals surface area contributed by atoms with E-state index in [1.54, 1.807) is 20.1 Å². The van der Waals surface area contributed by atoms with Crippen LogP contribution in [0, 0.1) is 0 Å². The quantitative estimate of drug-likeness (QED) is 0.585. The zero-order valence-electron chi connectivity index (χ0n) is 6.96. The van der Waals surface area contributed by atoms with Crippen LogP contribution in [0.1, 0.15) is 6.92 Å². The molecule has 0 N–H and O–H groups in total. The van der Waals surface area contributed by atoms with Gasteiger partial charge in [-0.3, -0.25) is 4.79 Å². The number of methoxy groups -OCH3 is 2. The molecule has 1 aliphatic carbocycles. The Morgan fingerprint density at radius 3 is 2.36 bits per heavy atom. The molecule has 0 heterocycles. The summed E-state index contributed by atoms with van der Waals surface area (Å²) in [6.45, 7) is 1.77. The second kappa shape index (κ2) is 3.15. The van der Waals surface area contributed by atoms with Gasteiger partial charge >= 0.3 is 0 Å². The number of hydrogen-bond donors (Lipinski definition) is 0. The molecule has 0 aromatic rings. The number of carbonyl (C=O) groups is 1. The molecule has 0 aliphatic heterocycles. The summed E-state index contributed by atoms with van der Waals surface area (Å²) in [4.78, 5) is 11.2. The second-order valence-corrected chi connectivity index (χ2v) is 2.57. The van der Waals surface area contributed by atoms with E-state index in [-0.39, 0.29) is 11.9 Å². The van der Waals surface area contributed by atoms with Gasteiger partial charge in [-0.1, -0.05) is 0 Å². The topological polar surface area (TPSA) is 35.5 Å². The SMILES string of the molecule is COC1C=C(C)C(=O)C1OC. The van der Waals surface area contributed by atoms with E-state index >= 15 is 0 Å². The van der Waals surface area contributed by atoms with Gasteiger partial charge in [0, 0.05) is 14.2 Å². The van der Waals surface area contributed by atoms with Crippen LogP contribution >= 0.6 is 0 Å². The predicted octanol–water partition coefficient (Wildman–Crippen LogP) is 0.545. The van der Waals surface area contributed by atoms with Crippen LogP contribution in [0.15, 0.2) is 11.6 Å². The predicted molar refractivity (Wildman–Crippen MR) is 40.4 cm³/mol. The molecule has 0 amide bonds. The van der Waals surface area contributed by atoms with Gasteiger partial charge in [0.25, 0.3) is 0 Å². The molecule has 0 saturated carbocycles. The summed E-state index contributed by atoms with van der Waals surface area (Å²) in [5.74, 6) is 0.0272. The Morgan fingerprint density at radius 2 is 2.00 bits per heavy atom. The van der Waals surface area contributed by atoms with Gasteiger partial charge in [-0.05, 0) is 18.6 Å². The maximum absolute atomic E-state index is 11.2. The molecule has 0 aromatic heterocycles. The van der Waals surface area contributed by atoms with E-state index in [9.17, 15) is 4.79 Å². The molecule has 0 bridgehead atoms. The van der Waals surface area contributed by atoms with E-state index in [0.29, 0.717) is 0 Å². The van der Waals surface area contributed by atoms with Crippen LogP contribution in [0.5, 0.6) is 0 Å². The van der Waals surface area contributed by atoms with E-state index < -0.39 is 6.10 Å². The molecule has 0 spiro atoms. The lowest BCUT2D eigenvalue weighted by atomic mass is 10.2. The van der Waals surface area contributed by atoms with Crippen LogP contribution in [-0.2, 0) is 14.3 Å². The monoisotopic (exact) mass is 156 g/mol. The smallest absolute Gasteiger partial charge is 0.190 e. The molecule has 1 aliphatic rings. The summed E-state index contributed by atoms with van der Waals surface area (Å²) in [5.41, 5.74) is 0.726. The van der Waals surface area contributed by atoms with Crippen LogP contribution in [0.4, 0.5) is 0 Å². The molecular weight excluding hydrogens is 144 g/mol. The van der Waals surface area contributed by atoms with Crippen molar-refractivity contribution < 1.29 is 14.3 Å². The number of ketones is 1.